The smallest absolute Gasteiger partial charge is 0.673 e. The van der Waals surface area contributed by atoms with Crippen molar-refractivity contribution in [1.82, 2.24) is 0 Å². The van der Waals surface area contributed by atoms with Gasteiger partial charge in [0.25, 0.3) is 0 Å². The minimum Gasteiger partial charge on any atom is -0.673 e. The monoisotopic (exact) mass is 356 g/mol. The van der Waals surface area contributed by atoms with Crippen LogP contribution < -0.4 is 0 Å². The summed E-state index contributed by atoms with van der Waals surface area (Å²) >= 11 is 0. The van der Waals surface area contributed by atoms with Gasteiger partial charge >= 0.3 is 23.1 Å². The van der Waals surface area contributed by atoms with Crippen molar-refractivity contribution in [3.63, 3.8) is 0 Å². The molecule has 0 aromatic rings. The molecule has 0 aliphatic carbocycles. The van der Waals surface area contributed by atoms with E-state index in [-0.39, 0.29) is 45.2 Å². The Morgan fingerprint density at radius 1 is 0.480 bits per heavy atom. The molecule has 4 aliphatic rings. The van der Waals surface area contributed by atoms with E-state index in [1.165, 1.54) is 25.7 Å². The molecule has 0 amide bonds. The fraction of sp³-hybridized carbons (Fsp3) is 1.00. The molecule has 0 spiro atoms. The van der Waals surface area contributed by atoms with E-state index < -0.39 is 0 Å². The van der Waals surface area contributed by atoms with Crippen molar-refractivity contribution >= 4 is 23.1 Å². The molecule has 140 valence electrons. The molecule has 0 saturated carbocycles. The first-order chi connectivity index (χ1) is 10.8. The van der Waals surface area contributed by atoms with Gasteiger partial charge in [-0.05, 0) is 0 Å². The first-order valence-corrected chi connectivity index (χ1v) is 9.64. The number of hydrogen-bond donors (Lipinski definition) is 0. The largest absolute Gasteiger partial charge is 2.00 e. The molecule has 0 aromatic carbocycles. The Labute approximate surface area is 171 Å². The average molecular weight is 357 g/mol. The second-order valence-corrected chi connectivity index (χ2v) is 10.9. The predicted molar refractivity (Wildman–Crippen MR) is 109 cm³/mol. The van der Waals surface area contributed by atoms with Crippen LogP contribution in [0.15, 0.2) is 0 Å². The standard InChI is InChI=1S/2C10H18N2.Mg/c2*1-9(2)5-7-6-10(3,4)12-8(7)11-9;/h2*7-8H,5-6H2,1-4H3;/q2*-2;+2. The third-order valence-electron chi connectivity index (χ3n) is 5.82. The fourth-order valence-electron chi connectivity index (χ4n) is 5.25. The molecule has 0 bridgehead atoms. The van der Waals surface area contributed by atoms with Crippen LogP contribution in [0.1, 0.15) is 81.1 Å². The van der Waals surface area contributed by atoms with Gasteiger partial charge in [0, 0.05) is 0 Å². The first kappa shape index (κ1) is 21.9. The summed E-state index contributed by atoms with van der Waals surface area (Å²) in [5.41, 5.74) is 0.759. The number of hydrogen-bond acceptors (Lipinski definition) is 0. The topological polar surface area (TPSA) is 56.4 Å². The summed E-state index contributed by atoms with van der Waals surface area (Å²) in [5, 5.41) is 18.8. The van der Waals surface area contributed by atoms with Crippen LogP contribution in [0.5, 0.6) is 0 Å². The maximum absolute atomic E-state index is 4.71. The number of nitrogens with zero attached hydrogens (tertiary/aromatic N) is 4. The third-order valence-corrected chi connectivity index (χ3v) is 5.82. The zero-order valence-electron chi connectivity index (χ0n) is 17.6. The fourth-order valence-corrected chi connectivity index (χ4v) is 5.25. The third kappa shape index (κ3) is 5.32. The summed E-state index contributed by atoms with van der Waals surface area (Å²) in [4.78, 5) is 0. The van der Waals surface area contributed by atoms with Crippen LogP contribution in [0.3, 0.4) is 0 Å². The van der Waals surface area contributed by atoms with Crippen LogP contribution in [-0.2, 0) is 0 Å². The van der Waals surface area contributed by atoms with Gasteiger partial charge < -0.3 is 21.3 Å². The quantitative estimate of drug-likeness (QED) is 0.500. The van der Waals surface area contributed by atoms with E-state index in [4.69, 9.17) is 21.3 Å². The Bertz CT molecular complexity index is 366. The van der Waals surface area contributed by atoms with Gasteiger partial charge in [-0.1, -0.05) is 92.9 Å². The molecule has 4 nitrogen and oxygen atoms in total. The number of rotatable bonds is 0. The normalized spacial score (nSPS) is 41.3. The van der Waals surface area contributed by atoms with E-state index in [1.807, 2.05) is 0 Å². The van der Waals surface area contributed by atoms with Crippen LogP contribution >= 0.6 is 0 Å². The van der Waals surface area contributed by atoms with Crippen molar-refractivity contribution in [2.45, 2.75) is 116 Å². The van der Waals surface area contributed by atoms with Crippen LogP contribution in [0.25, 0.3) is 21.3 Å². The Hall–Kier alpha value is 0.606. The van der Waals surface area contributed by atoms with Gasteiger partial charge in [-0.3, -0.25) is 0 Å². The van der Waals surface area contributed by atoms with Crippen molar-refractivity contribution in [1.29, 1.82) is 0 Å². The van der Waals surface area contributed by atoms with Crippen LogP contribution in [0, 0.1) is 11.8 Å². The first-order valence-electron chi connectivity index (χ1n) is 9.64. The summed E-state index contributed by atoms with van der Waals surface area (Å²) in [6.07, 6.45) is 5.54. The summed E-state index contributed by atoms with van der Waals surface area (Å²) in [6.45, 7) is 17.7. The molecule has 4 fully saturated rings. The van der Waals surface area contributed by atoms with Gasteiger partial charge in [-0.25, -0.2) is 12.3 Å². The van der Waals surface area contributed by atoms with Crippen LogP contribution in [0.4, 0.5) is 0 Å². The molecule has 4 aliphatic heterocycles. The second-order valence-electron chi connectivity index (χ2n) is 10.9. The predicted octanol–water partition coefficient (Wildman–Crippen LogP) is 5.70. The molecule has 4 saturated heterocycles. The molecule has 0 radical (unpaired) electrons. The molecule has 0 N–H and O–H groups in total. The average Bonchev–Trinajstić information content (AvgIpc) is 2.89. The van der Waals surface area contributed by atoms with Crippen molar-refractivity contribution in [3.05, 3.63) is 21.3 Å². The number of fused-ring (bicyclic) bond motifs is 2. The van der Waals surface area contributed by atoms with Crippen molar-refractivity contribution in [2.75, 3.05) is 0 Å². The molecular formula is C20H36MgN4-2. The SMILES string of the molecule is CC1(C)CC2CC(C)(C)[N-]C2[N-]1.CC1(C)CC2CC(C)(C)[N-]C2[N-]1.[Mg+2]. The molecule has 0 unspecified atom stereocenters. The molecule has 0 atom stereocenters. The molecule has 5 heteroatoms. The van der Waals surface area contributed by atoms with Gasteiger partial charge in [0.2, 0.25) is 0 Å². The van der Waals surface area contributed by atoms with Crippen molar-refractivity contribution in [3.8, 4) is 0 Å². The van der Waals surface area contributed by atoms with Gasteiger partial charge in [0.05, 0.1) is 0 Å². The van der Waals surface area contributed by atoms with Gasteiger partial charge in [-0.2, -0.15) is 0 Å². The van der Waals surface area contributed by atoms with E-state index in [1.54, 1.807) is 0 Å². The van der Waals surface area contributed by atoms with E-state index in [0.29, 0.717) is 12.3 Å². The van der Waals surface area contributed by atoms with Crippen molar-refractivity contribution in [2.24, 2.45) is 11.8 Å². The summed E-state index contributed by atoms with van der Waals surface area (Å²) in [5.74, 6) is 1.46. The van der Waals surface area contributed by atoms with E-state index in [0.717, 1.165) is 11.8 Å². The zero-order valence-corrected chi connectivity index (χ0v) is 19.0. The molecule has 25 heavy (non-hydrogen) atoms. The maximum Gasteiger partial charge on any atom is 2.00 e. The molecule has 0 aromatic heterocycles. The van der Waals surface area contributed by atoms with Gasteiger partial charge in [-0.15, -0.1) is 22.2 Å². The minimum atomic E-state index is 0. The Morgan fingerprint density at radius 2 is 0.680 bits per heavy atom. The maximum atomic E-state index is 4.71. The summed E-state index contributed by atoms with van der Waals surface area (Å²) in [7, 11) is 0. The molecule has 4 rings (SSSR count). The Balaban J connectivity index is 0.000000173. The van der Waals surface area contributed by atoms with Gasteiger partial charge in [0.15, 0.2) is 0 Å². The second kappa shape index (κ2) is 6.89. The van der Waals surface area contributed by atoms with E-state index in [9.17, 15) is 0 Å². The summed E-state index contributed by atoms with van der Waals surface area (Å²) < 4.78 is 0. The molecule has 4 heterocycles. The van der Waals surface area contributed by atoms with Crippen molar-refractivity contribution < 1.29 is 0 Å². The van der Waals surface area contributed by atoms with E-state index >= 15 is 0 Å². The van der Waals surface area contributed by atoms with Crippen LogP contribution in [0.2, 0.25) is 0 Å². The van der Waals surface area contributed by atoms with Gasteiger partial charge in [0.1, 0.15) is 0 Å². The Morgan fingerprint density at radius 3 is 0.840 bits per heavy atom. The molecular weight excluding hydrogens is 321 g/mol. The van der Waals surface area contributed by atoms with Crippen LogP contribution in [-0.4, -0.2) is 57.5 Å². The Kier molecular flexibility index (Phi) is 6.04. The minimum absolute atomic E-state index is 0. The van der Waals surface area contributed by atoms with E-state index in [2.05, 4.69) is 55.4 Å². The summed E-state index contributed by atoms with van der Waals surface area (Å²) in [6, 6.07) is 0. The zero-order chi connectivity index (χ0) is 18.0.